The van der Waals surface area contributed by atoms with Gasteiger partial charge in [0.15, 0.2) is 0 Å². The maximum absolute atomic E-state index is 12.0. The molecule has 1 aromatic heterocycles. The fourth-order valence-electron chi connectivity index (χ4n) is 1.68. The summed E-state index contributed by atoms with van der Waals surface area (Å²) >= 11 is 0. The molecule has 104 valence electrons. The normalized spacial score (nSPS) is 10.1. The van der Waals surface area contributed by atoms with E-state index in [9.17, 15) is 9.59 Å². The maximum atomic E-state index is 12.0. The summed E-state index contributed by atoms with van der Waals surface area (Å²) < 4.78 is 10.1. The van der Waals surface area contributed by atoms with Crippen LogP contribution < -0.4 is 10.1 Å². The van der Waals surface area contributed by atoms with E-state index >= 15 is 0 Å². The van der Waals surface area contributed by atoms with E-state index < -0.39 is 5.97 Å². The first kappa shape index (κ1) is 13.7. The molecule has 0 saturated heterocycles. The highest BCUT2D eigenvalue weighted by Gasteiger charge is 2.13. The quantitative estimate of drug-likeness (QED) is 0.870. The molecule has 6 heteroatoms. The number of carboxylic acids is 1. The van der Waals surface area contributed by atoms with Gasteiger partial charge in [0.25, 0.3) is 5.91 Å². The Morgan fingerprint density at radius 2 is 2.00 bits per heavy atom. The molecule has 0 saturated carbocycles. The molecular weight excluding hydrogens is 262 g/mol. The highest BCUT2D eigenvalue weighted by molar-refractivity contribution is 5.96. The van der Waals surface area contributed by atoms with E-state index in [2.05, 4.69) is 5.32 Å². The molecule has 2 rings (SSSR count). The third-order valence-corrected chi connectivity index (χ3v) is 2.65. The van der Waals surface area contributed by atoms with Gasteiger partial charge in [-0.25, -0.2) is 4.79 Å². The van der Waals surface area contributed by atoms with Crippen molar-refractivity contribution in [3.63, 3.8) is 0 Å². The van der Waals surface area contributed by atoms with Gasteiger partial charge in [-0.05, 0) is 24.3 Å². The van der Waals surface area contributed by atoms with Crippen LogP contribution in [0.5, 0.6) is 5.75 Å². The van der Waals surface area contributed by atoms with Crippen LogP contribution in [0.3, 0.4) is 0 Å². The second kappa shape index (κ2) is 5.92. The zero-order valence-corrected chi connectivity index (χ0v) is 10.8. The van der Waals surface area contributed by atoms with Gasteiger partial charge in [0.05, 0.1) is 19.2 Å². The number of amides is 1. The highest BCUT2D eigenvalue weighted by Crippen LogP contribution is 2.17. The number of carbonyl (C=O) groups is 2. The number of carboxylic acid groups (broad SMARTS) is 1. The summed E-state index contributed by atoms with van der Waals surface area (Å²) in [5, 5.41) is 11.4. The molecule has 0 radical (unpaired) electrons. The first-order valence-electron chi connectivity index (χ1n) is 5.85. The Kier molecular flexibility index (Phi) is 4.05. The van der Waals surface area contributed by atoms with Crippen molar-refractivity contribution in [1.82, 2.24) is 5.32 Å². The average Bonchev–Trinajstić information content (AvgIpc) is 2.94. The number of carbonyl (C=O) groups excluding carboxylic acids is 1. The number of hydrogen-bond acceptors (Lipinski definition) is 4. The molecule has 0 aliphatic carbocycles. The number of hydrogen-bond donors (Lipinski definition) is 2. The number of para-hydroxylation sites is 1. The molecule has 1 aromatic carbocycles. The van der Waals surface area contributed by atoms with Crippen molar-refractivity contribution in [2.45, 2.75) is 6.54 Å². The van der Waals surface area contributed by atoms with Gasteiger partial charge in [0.2, 0.25) is 5.76 Å². The van der Waals surface area contributed by atoms with E-state index in [1.165, 1.54) is 19.2 Å². The van der Waals surface area contributed by atoms with Crippen molar-refractivity contribution in [2.75, 3.05) is 7.11 Å². The predicted octanol–water partition coefficient (Wildman–Crippen LogP) is 1.92. The zero-order valence-electron chi connectivity index (χ0n) is 10.8. The standard InChI is InChI=1S/C14H13NO5/c1-19-11-5-3-2-4-10(11)13(16)15-8-9-6-7-12(20-9)14(17)18/h2-7H,8H2,1H3,(H,15,16)(H,17,18). The summed E-state index contributed by atoms with van der Waals surface area (Å²) in [5.74, 6) is -0.795. The van der Waals surface area contributed by atoms with E-state index in [0.717, 1.165) is 0 Å². The fraction of sp³-hybridized carbons (Fsp3) is 0.143. The molecular formula is C14H13NO5. The predicted molar refractivity (Wildman–Crippen MR) is 69.8 cm³/mol. The van der Waals surface area contributed by atoms with Gasteiger partial charge in [0, 0.05) is 0 Å². The minimum atomic E-state index is -1.15. The monoisotopic (exact) mass is 275 g/mol. The van der Waals surface area contributed by atoms with Crippen LogP contribution in [-0.4, -0.2) is 24.1 Å². The van der Waals surface area contributed by atoms with Crippen molar-refractivity contribution in [2.24, 2.45) is 0 Å². The Labute approximate surface area is 115 Å². The van der Waals surface area contributed by atoms with Crippen molar-refractivity contribution in [3.8, 4) is 5.75 Å². The SMILES string of the molecule is COc1ccccc1C(=O)NCc1ccc(C(=O)O)o1. The summed E-state index contributed by atoms with van der Waals surface area (Å²) in [6.45, 7) is 0.101. The Morgan fingerprint density at radius 3 is 2.65 bits per heavy atom. The molecule has 2 aromatic rings. The van der Waals surface area contributed by atoms with Crippen LogP contribution in [0.25, 0.3) is 0 Å². The van der Waals surface area contributed by atoms with Crippen LogP contribution in [0.2, 0.25) is 0 Å². The minimum absolute atomic E-state index is 0.101. The molecule has 20 heavy (non-hydrogen) atoms. The minimum Gasteiger partial charge on any atom is -0.496 e. The lowest BCUT2D eigenvalue weighted by Gasteiger charge is -2.07. The van der Waals surface area contributed by atoms with Gasteiger partial charge in [-0.15, -0.1) is 0 Å². The number of benzene rings is 1. The first-order chi connectivity index (χ1) is 9.61. The third-order valence-electron chi connectivity index (χ3n) is 2.65. The molecule has 0 aliphatic rings. The number of aromatic carboxylic acids is 1. The topological polar surface area (TPSA) is 88.8 Å². The van der Waals surface area contributed by atoms with Crippen LogP contribution in [0.15, 0.2) is 40.8 Å². The Bertz CT molecular complexity index is 632. The number of rotatable bonds is 5. The molecule has 0 unspecified atom stereocenters. The van der Waals surface area contributed by atoms with Gasteiger partial charge in [0.1, 0.15) is 11.5 Å². The van der Waals surface area contributed by atoms with Crippen LogP contribution in [-0.2, 0) is 6.54 Å². The highest BCUT2D eigenvalue weighted by atomic mass is 16.5. The molecule has 1 amide bonds. The summed E-state index contributed by atoms with van der Waals surface area (Å²) in [7, 11) is 1.48. The molecule has 0 fully saturated rings. The third kappa shape index (κ3) is 2.97. The fourth-order valence-corrected chi connectivity index (χ4v) is 1.68. The lowest BCUT2D eigenvalue weighted by molar-refractivity contribution is 0.0660. The smallest absolute Gasteiger partial charge is 0.371 e. The van der Waals surface area contributed by atoms with Crippen LogP contribution in [0.1, 0.15) is 26.7 Å². The van der Waals surface area contributed by atoms with Crippen LogP contribution in [0, 0.1) is 0 Å². The van der Waals surface area contributed by atoms with Crippen molar-refractivity contribution in [3.05, 3.63) is 53.5 Å². The number of ether oxygens (including phenoxy) is 1. The number of nitrogens with one attached hydrogen (secondary N) is 1. The molecule has 0 bridgehead atoms. The van der Waals surface area contributed by atoms with Crippen molar-refractivity contribution >= 4 is 11.9 Å². The lowest BCUT2D eigenvalue weighted by atomic mass is 10.2. The second-order valence-electron chi connectivity index (χ2n) is 3.95. The lowest BCUT2D eigenvalue weighted by Crippen LogP contribution is -2.23. The van der Waals surface area contributed by atoms with Gasteiger partial charge < -0.3 is 19.6 Å². The Hall–Kier alpha value is -2.76. The van der Waals surface area contributed by atoms with Crippen molar-refractivity contribution in [1.29, 1.82) is 0 Å². The molecule has 6 nitrogen and oxygen atoms in total. The second-order valence-corrected chi connectivity index (χ2v) is 3.95. The summed E-state index contributed by atoms with van der Waals surface area (Å²) in [4.78, 5) is 22.6. The van der Waals surface area contributed by atoms with E-state index in [0.29, 0.717) is 17.1 Å². The van der Waals surface area contributed by atoms with E-state index in [1.54, 1.807) is 24.3 Å². The molecule has 0 aliphatic heterocycles. The molecule has 0 spiro atoms. The van der Waals surface area contributed by atoms with Crippen LogP contribution >= 0.6 is 0 Å². The Morgan fingerprint density at radius 1 is 1.25 bits per heavy atom. The van der Waals surface area contributed by atoms with Crippen molar-refractivity contribution < 1.29 is 23.8 Å². The van der Waals surface area contributed by atoms with E-state index in [-0.39, 0.29) is 18.2 Å². The number of methoxy groups -OCH3 is 1. The van der Waals surface area contributed by atoms with E-state index in [4.69, 9.17) is 14.3 Å². The summed E-state index contributed by atoms with van der Waals surface area (Å²) in [5.41, 5.74) is 0.403. The zero-order chi connectivity index (χ0) is 14.5. The Balaban J connectivity index is 2.03. The van der Waals surface area contributed by atoms with Gasteiger partial charge in [-0.1, -0.05) is 12.1 Å². The summed E-state index contributed by atoms with van der Waals surface area (Å²) in [6, 6.07) is 9.66. The maximum Gasteiger partial charge on any atom is 0.371 e. The molecule has 1 heterocycles. The largest absolute Gasteiger partial charge is 0.496 e. The number of furan rings is 1. The van der Waals surface area contributed by atoms with Gasteiger partial charge in [-0.3, -0.25) is 4.79 Å². The average molecular weight is 275 g/mol. The van der Waals surface area contributed by atoms with E-state index in [1.807, 2.05) is 0 Å². The first-order valence-corrected chi connectivity index (χ1v) is 5.85. The van der Waals surface area contributed by atoms with Gasteiger partial charge >= 0.3 is 5.97 Å². The van der Waals surface area contributed by atoms with Crippen LogP contribution in [0.4, 0.5) is 0 Å². The van der Waals surface area contributed by atoms with Gasteiger partial charge in [-0.2, -0.15) is 0 Å². The molecule has 2 N–H and O–H groups in total. The summed E-state index contributed by atoms with van der Waals surface area (Å²) in [6.07, 6.45) is 0. The molecule has 0 atom stereocenters.